The van der Waals surface area contributed by atoms with Crippen molar-refractivity contribution < 1.29 is 14.3 Å². The third kappa shape index (κ3) is 4.01. The summed E-state index contributed by atoms with van der Waals surface area (Å²) in [6.07, 6.45) is -1.04. The van der Waals surface area contributed by atoms with Crippen LogP contribution in [-0.4, -0.2) is 11.8 Å². The Labute approximate surface area is 157 Å². The highest BCUT2D eigenvalue weighted by molar-refractivity contribution is 6.33. The van der Waals surface area contributed by atoms with E-state index < -0.39 is 12.1 Å². The van der Waals surface area contributed by atoms with Crippen LogP contribution in [0, 0.1) is 6.92 Å². The van der Waals surface area contributed by atoms with Crippen molar-refractivity contribution >= 4 is 23.4 Å². The van der Waals surface area contributed by atoms with Gasteiger partial charge in [-0.25, -0.2) is 4.79 Å². The summed E-state index contributed by atoms with van der Waals surface area (Å²) in [5.41, 5.74) is 2.37. The standard InChI is InChI=1S/C22H17ClO3/c1-15-11-13-16(14-12-15)20(24)21(17-7-3-2-4-8-17)26-22(25)18-9-5-6-10-19(18)23/h2-14,21H,1H3/t21-/m0/s1. The highest BCUT2D eigenvalue weighted by Crippen LogP contribution is 2.26. The van der Waals surface area contributed by atoms with Crippen LogP contribution < -0.4 is 0 Å². The van der Waals surface area contributed by atoms with Gasteiger partial charge in [0.1, 0.15) is 0 Å². The molecule has 0 unspecified atom stereocenters. The third-order valence-corrected chi connectivity index (χ3v) is 4.32. The van der Waals surface area contributed by atoms with Gasteiger partial charge in [0.25, 0.3) is 0 Å². The first kappa shape index (κ1) is 17.9. The molecule has 0 amide bonds. The summed E-state index contributed by atoms with van der Waals surface area (Å²) in [5, 5.41) is 0.284. The lowest BCUT2D eigenvalue weighted by molar-refractivity contribution is 0.0280. The van der Waals surface area contributed by atoms with E-state index in [4.69, 9.17) is 16.3 Å². The molecule has 0 N–H and O–H groups in total. The Morgan fingerprint density at radius 3 is 2.12 bits per heavy atom. The summed E-state index contributed by atoms with van der Waals surface area (Å²) >= 11 is 6.08. The Hall–Kier alpha value is -2.91. The smallest absolute Gasteiger partial charge is 0.340 e. The maximum absolute atomic E-state index is 13.0. The summed E-state index contributed by atoms with van der Waals surface area (Å²) in [4.78, 5) is 25.6. The van der Waals surface area contributed by atoms with E-state index in [0.717, 1.165) is 5.56 Å². The first-order chi connectivity index (χ1) is 12.6. The van der Waals surface area contributed by atoms with Gasteiger partial charge in [-0.1, -0.05) is 83.9 Å². The molecule has 3 aromatic rings. The number of ether oxygens (including phenoxy) is 1. The average molecular weight is 365 g/mol. The predicted octanol–water partition coefficient (Wildman–Crippen LogP) is 5.43. The van der Waals surface area contributed by atoms with Crippen molar-refractivity contribution in [1.82, 2.24) is 0 Å². The van der Waals surface area contributed by atoms with Gasteiger partial charge < -0.3 is 4.74 Å². The Kier molecular flexibility index (Phi) is 5.49. The molecule has 3 rings (SSSR count). The lowest BCUT2D eigenvalue weighted by Gasteiger charge is -2.18. The van der Waals surface area contributed by atoms with Crippen molar-refractivity contribution in [1.29, 1.82) is 0 Å². The Bertz CT molecular complexity index is 918. The maximum atomic E-state index is 13.0. The summed E-state index contributed by atoms with van der Waals surface area (Å²) in [5.74, 6) is -0.915. The molecule has 26 heavy (non-hydrogen) atoms. The van der Waals surface area contributed by atoms with Crippen molar-refractivity contribution in [3.05, 3.63) is 106 Å². The van der Waals surface area contributed by atoms with Crippen molar-refractivity contribution in [3.8, 4) is 0 Å². The molecule has 0 saturated carbocycles. The molecular weight excluding hydrogens is 348 g/mol. The number of carbonyl (C=O) groups is 2. The molecule has 0 radical (unpaired) electrons. The molecule has 0 bridgehead atoms. The molecule has 3 aromatic carbocycles. The minimum Gasteiger partial charge on any atom is -0.445 e. The van der Waals surface area contributed by atoms with Crippen LogP contribution in [0.15, 0.2) is 78.9 Å². The number of aryl methyl sites for hydroxylation is 1. The summed E-state index contributed by atoms with van der Waals surface area (Å²) < 4.78 is 5.58. The average Bonchev–Trinajstić information content (AvgIpc) is 2.67. The molecule has 4 heteroatoms. The van der Waals surface area contributed by atoms with Crippen LogP contribution in [0.1, 0.15) is 37.9 Å². The SMILES string of the molecule is Cc1ccc(C(=O)[C@@H](OC(=O)c2ccccc2Cl)c2ccccc2)cc1. The first-order valence-corrected chi connectivity index (χ1v) is 8.55. The topological polar surface area (TPSA) is 43.4 Å². The number of rotatable bonds is 5. The summed E-state index contributed by atoms with van der Waals surface area (Å²) in [6, 6.07) is 22.7. The number of ketones is 1. The monoisotopic (exact) mass is 364 g/mol. The normalized spacial score (nSPS) is 11.6. The number of benzene rings is 3. The van der Waals surface area contributed by atoms with E-state index in [0.29, 0.717) is 11.1 Å². The van der Waals surface area contributed by atoms with Crippen LogP contribution in [0.4, 0.5) is 0 Å². The van der Waals surface area contributed by atoms with Gasteiger partial charge in [0.15, 0.2) is 6.10 Å². The van der Waals surface area contributed by atoms with E-state index in [1.165, 1.54) is 0 Å². The lowest BCUT2D eigenvalue weighted by atomic mass is 9.99. The highest BCUT2D eigenvalue weighted by Gasteiger charge is 2.27. The number of esters is 1. The summed E-state index contributed by atoms with van der Waals surface area (Å²) in [7, 11) is 0. The molecule has 0 aliphatic heterocycles. The fourth-order valence-electron chi connectivity index (χ4n) is 2.57. The van der Waals surface area contributed by atoms with Gasteiger partial charge in [-0.2, -0.15) is 0 Å². The molecule has 3 nitrogen and oxygen atoms in total. The molecule has 0 fully saturated rings. The second-order valence-corrected chi connectivity index (χ2v) is 6.31. The van der Waals surface area contributed by atoms with Gasteiger partial charge in [0.05, 0.1) is 10.6 Å². The number of Topliss-reactive ketones (excluding diaryl/α,β-unsaturated/α-hetero) is 1. The summed E-state index contributed by atoms with van der Waals surface area (Å²) in [6.45, 7) is 1.94. The third-order valence-electron chi connectivity index (χ3n) is 4.00. The van der Waals surface area contributed by atoms with Crippen LogP contribution in [0.3, 0.4) is 0 Å². The minimum atomic E-state index is -1.04. The zero-order valence-electron chi connectivity index (χ0n) is 14.2. The molecule has 1 atom stereocenters. The minimum absolute atomic E-state index is 0.229. The second-order valence-electron chi connectivity index (χ2n) is 5.91. The molecule has 0 aliphatic rings. The first-order valence-electron chi connectivity index (χ1n) is 8.17. The van der Waals surface area contributed by atoms with Crippen LogP contribution in [0.5, 0.6) is 0 Å². The fourth-order valence-corrected chi connectivity index (χ4v) is 2.78. The van der Waals surface area contributed by atoms with Crippen LogP contribution >= 0.6 is 11.6 Å². The second kappa shape index (κ2) is 7.98. The quantitative estimate of drug-likeness (QED) is 0.448. The van der Waals surface area contributed by atoms with E-state index in [9.17, 15) is 9.59 Å². The lowest BCUT2D eigenvalue weighted by Crippen LogP contribution is -2.20. The molecular formula is C22H17ClO3. The van der Waals surface area contributed by atoms with Crippen molar-refractivity contribution in [2.24, 2.45) is 0 Å². The molecule has 0 saturated heterocycles. The number of hydrogen-bond donors (Lipinski definition) is 0. The Morgan fingerprint density at radius 1 is 0.846 bits per heavy atom. The van der Waals surface area contributed by atoms with E-state index in [2.05, 4.69) is 0 Å². The van der Waals surface area contributed by atoms with Gasteiger partial charge in [-0.15, -0.1) is 0 Å². The molecule has 0 heterocycles. The van der Waals surface area contributed by atoms with E-state index in [1.54, 1.807) is 60.7 Å². The molecule has 130 valence electrons. The zero-order valence-corrected chi connectivity index (χ0v) is 14.9. The zero-order chi connectivity index (χ0) is 18.5. The Morgan fingerprint density at radius 2 is 1.46 bits per heavy atom. The van der Waals surface area contributed by atoms with Crippen molar-refractivity contribution in [3.63, 3.8) is 0 Å². The Balaban J connectivity index is 1.94. The molecule has 0 spiro atoms. The van der Waals surface area contributed by atoms with Gasteiger partial charge >= 0.3 is 5.97 Å². The predicted molar refractivity (Wildman–Crippen MR) is 102 cm³/mol. The fraction of sp³-hybridized carbons (Fsp3) is 0.0909. The van der Waals surface area contributed by atoms with Crippen LogP contribution in [0.2, 0.25) is 5.02 Å². The van der Waals surface area contributed by atoms with Crippen molar-refractivity contribution in [2.75, 3.05) is 0 Å². The van der Waals surface area contributed by atoms with E-state index in [1.807, 2.05) is 25.1 Å². The van der Waals surface area contributed by atoms with Gasteiger partial charge in [0, 0.05) is 11.1 Å². The number of hydrogen-bond acceptors (Lipinski definition) is 3. The van der Waals surface area contributed by atoms with Crippen LogP contribution in [0.25, 0.3) is 0 Å². The van der Waals surface area contributed by atoms with Gasteiger partial charge in [0.2, 0.25) is 5.78 Å². The highest BCUT2D eigenvalue weighted by atomic mass is 35.5. The molecule has 0 aliphatic carbocycles. The van der Waals surface area contributed by atoms with Gasteiger partial charge in [-0.3, -0.25) is 4.79 Å². The van der Waals surface area contributed by atoms with E-state index >= 15 is 0 Å². The van der Waals surface area contributed by atoms with Crippen LogP contribution in [-0.2, 0) is 4.74 Å². The van der Waals surface area contributed by atoms with Gasteiger partial charge in [-0.05, 0) is 19.1 Å². The maximum Gasteiger partial charge on any atom is 0.340 e. The van der Waals surface area contributed by atoms with Crippen molar-refractivity contribution in [2.45, 2.75) is 13.0 Å². The van der Waals surface area contributed by atoms with E-state index in [-0.39, 0.29) is 16.4 Å². The number of carbonyl (C=O) groups excluding carboxylic acids is 2. The molecule has 0 aromatic heterocycles. The largest absolute Gasteiger partial charge is 0.445 e. The number of halogens is 1.